The van der Waals surface area contributed by atoms with Crippen molar-refractivity contribution in [3.8, 4) is 5.75 Å². The minimum atomic E-state index is -1.18. The summed E-state index contributed by atoms with van der Waals surface area (Å²) in [5.41, 5.74) is -0.178. The topological polar surface area (TPSA) is 60.4 Å². The van der Waals surface area contributed by atoms with E-state index in [9.17, 15) is 9.90 Å². The van der Waals surface area contributed by atoms with Crippen molar-refractivity contribution in [3.63, 3.8) is 0 Å². The summed E-state index contributed by atoms with van der Waals surface area (Å²) >= 11 is 0. The molecular formula is C7H5O3Zn+. The van der Waals surface area contributed by atoms with Gasteiger partial charge in [0.2, 0.25) is 0 Å². The molecule has 0 bridgehead atoms. The molecule has 0 heterocycles. The van der Waals surface area contributed by atoms with E-state index < -0.39 is 11.7 Å². The number of carboxylic acid groups (broad SMARTS) is 1. The average Bonchev–Trinajstić information content (AvgIpc) is 1.88. The third-order valence-electron chi connectivity index (χ3n) is 1.12. The Morgan fingerprint density at radius 1 is 1.36 bits per heavy atom. The standard InChI is InChI=1S/C7H6O3.Zn/c8-6-4-2-1-3-5(6)7(9)10;/h1-4,8H,(H,9,10);/q;+2/p-1. The number of carbonyl (C=O) groups is 1. The fourth-order valence-electron chi connectivity index (χ4n) is 0.643. The Balaban J connectivity index is 0.000001000. The van der Waals surface area contributed by atoms with Crippen molar-refractivity contribution in [2.45, 2.75) is 0 Å². The van der Waals surface area contributed by atoms with E-state index >= 15 is 0 Å². The second kappa shape index (κ2) is 4.09. The Kier molecular flexibility index (Phi) is 3.76. The Morgan fingerprint density at radius 2 is 1.91 bits per heavy atom. The van der Waals surface area contributed by atoms with E-state index in [2.05, 4.69) is 0 Å². The summed E-state index contributed by atoms with van der Waals surface area (Å²) in [6.07, 6.45) is 0. The third kappa shape index (κ3) is 2.32. The molecule has 0 aromatic heterocycles. The molecule has 52 valence electrons. The normalized spacial score (nSPS) is 8.36. The molecule has 3 nitrogen and oxygen atoms in total. The van der Waals surface area contributed by atoms with Crippen molar-refractivity contribution in [1.82, 2.24) is 0 Å². The van der Waals surface area contributed by atoms with Gasteiger partial charge in [-0.25, -0.2) is 4.79 Å². The van der Waals surface area contributed by atoms with Crippen molar-refractivity contribution in [2.75, 3.05) is 0 Å². The monoisotopic (exact) mass is 201 g/mol. The summed E-state index contributed by atoms with van der Waals surface area (Å²) in [5, 5.41) is 19.0. The second-order valence-electron chi connectivity index (χ2n) is 1.80. The minimum absolute atomic E-state index is 0. The van der Waals surface area contributed by atoms with Gasteiger partial charge in [0.1, 0.15) is 0 Å². The van der Waals surface area contributed by atoms with Crippen LogP contribution >= 0.6 is 0 Å². The fourth-order valence-corrected chi connectivity index (χ4v) is 0.643. The number of hydrogen-bond acceptors (Lipinski definition) is 2. The summed E-state index contributed by atoms with van der Waals surface area (Å²) in [4.78, 5) is 10.2. The van der Waals surface area contributed by atoms with Gasteiger partial charge in [0.25, 0.3) is 0 Å². The van der Waals surface area contributed by atoms with E-state index in [4.69, 9.17) is 5.11 Å². The molecule has 11 heavy (non-hydrogen) atoms. The van der Waals surface area contributed by atoms with Crippen LogP contribution in [0, 0.1) is 0 Å². The Hall–Kier alpha value is -0.887. The first-order valence-corrected chi connectivity index (χ1v) is 2.71. The van der Waals surface area contributed by atoms with Crippen LogP contribution < -0.4 is 5.11 Å². The van der Waals surface area contributed by atoms with E-state index in [1.54, 1.807) is 0 Å². The molecule has 1 aromatic rings. The number of hydrogen-bond donors (Lipinski definition) is 1. The largest absolute Gasteiger partial charge is 2.00 e. The van der Waals surface area contributed by atoms with E-state index in [0.29, 0.717) is 0 Å². The van der Waals surface area contributed by atoms with Crippen molar-refractivity contribution in [3.05, 3.63) is 29.8 Å². The van der Waals surface area contributed by atoms with Crippen LogP contribution in [0.25, 0.3) is 0 Å². The minimum Gasteiger partial charge on any atom is -0.872 e. The number of aromatic carboxylic acids is 1. The van der Waals surface area contributed by atoms with Crippen LogP contribution in [0.5, 0.6) is 5.75 Å². The van der Waals surface area contributed by atoms with Gasteiger partial charge in [-0.2, -0.15) is 0 Å². The molecule has 0 aliphatic rings. The van der Waals surface area contributed by atoms with Gasteiger partial charge in [-0.05, 0) is 6.07 Å². The predicted octanol–water partition coefficient (Wildman–Crippen LogP) is 0.456. The summed E-state index contributed by atoms with van der Waals surface area (Å²) in [7, 11) is 0. The molecule has 0 saturated heterocycles. The van der Waals surface area contributed by atoms with E-state index in [-0.39, 0.29) is 25.0 Å². The Morgan fingerprint density at radius 3 is 2.27 bits per heavy atom. The zero-order valence-electron chi connectivity index (χ0n) is 5.78. The smallest absolute Gasteiger partial charge is 0.872 e. The maximum absolute atomic E-state index is 10.7. The van der Waals surface area contributed by atoms with Crippen LogP contribution in [-0.2, 0) is 19.5 Å². The molecule has 0 spiro atoms. The van der Waals surface area contributed by atoms with Gasteiger partial charge in [-0.3, -0.25) is 0 Å². The van der Waals surface area contributed by atoms with Gasteiger partial charge in [-0.15, -0.1) is 0 Å². The second-order valence-corrected chi connectivity index (χ2v) is 1.80. The molecule has 1 N–H and O–H groups in total. The van der Waals surface area contributed by atoms with Crippen molar-refractivity contribution >= 4 is 5.97 Å². The van der Waals surface area contributed by atoms with Gasteiger partial charge in [0.05, 0.1) is 5.56 Å². The fraction of sp³-hybridized carbons (Fsp3) is 0. The van der Waals surface area contributed by atoms with Gasteiger partial charge >= 0.3 is 25.4 Å². The number of benzene rings is 1. The van der Waals surface area contributed by atoms with Gasteiger partial charge < -0.3 is 10.2 Å². The van der Waals surface area contributed by atoms with E-state index in [1.165, 1.54) is 24.3 Å². The Bertz CT molecular complexity index is 260. The number of carboxylic acids is 1. The van der Waals surface area contributed by atoms with Crippen LogP contribution in [-0.4, -0.2) is 11.1 Å². The third-order valence-corrected chi connectivity index (χ3v) is 1.12. The summed E-state index contributed by atoms with van der Waals surface area (Å²) in [6, 6.07) is 5.54. The van der Waals surface area contributed by atoms with E-state index in [1.807, 2.05) is 0 Å². The molecule has 0 radical (unpaired) electrons. The van der Waals surface area contributed by atoms with Crippen molar-refractivity contribution < 1.29 is 34.5 Å². The number of rotatable bonds is 1. The molecular weight excluding hydrogens is 197 g/mol. The van der Waals surface area contributed by atoms with Crippen LogP contribution in [0.15, 0.2) is 24.3 Å². The maximum Gasteiger partial charge on any atom is 2.00 e. The van der Waals surface area contributed by atoms with Crippen LogP contribution in [0.3, 0.4) is 0 Å². The van der Waals surface area contributed by atoms with Crippen molar-refractivity contribution in [1.29, 1.82) is 0 Å². The SMILES string of the molecule is O=C(O)c1ccccc1[O-].[Zn+2]. The van der Waals surface area contributed by atoms with Crippen LogP contribution in [0.1, 0.15) is 10.4 Å². The van der Waals surface area contributed by atoms with Crippen LogP contribution in [0.4, 0.5) is 0 Å². The van der Waals surface area contributed by atoms with E-state index in [0.717, 1.165) is 0 Å². The van der Waals surface area contributed by atoms with Gasteiger partial charge in [-0.1, -0.05) is 23.9 Å². The molecule has 0 aliphatic heterocycles. The van der Waals surface area contributed by atoms with Gasteiger partial charge in [0, 0.05) is 0 Å². The molecule has 0 amide bonds. The molecule has 0 aliphatic carbocycles. The zero-order chi connectivity index (χ0) is 7.56. The maximum atomic E-state index is 10.7. The summed E-state index contributed by atoms with van der Waals surface area (Å²) in [5.74, 6) is -1.62. The Labute approximate surface area is 76.4 Å². The molecule has 0 atom stereocenters. The quantitative estimate of drug-likeness (QED) is 0.673. The summed E-state index contributed by atoms with van der Waals surface area (Å²) < 4.78 is 0. The molecule has 1 aromatic carbocycles. The predicted molar refractivity (Wildman–Crippen MR) is 32.8 cm³/mol. The molecule has 0 fully saturated rings. The first-order valence-electron chi connectivity index (χ1n) is 2.71. The first-order chi connectivity index (χ1) is 4.72. The van der Waals surface area contributed by atoms with Gasteiger partial charge in [0.15, 0.2) is 0 Å². The van der Waals surface area contributed by atoms with Crippen molar-refractivity contribution in [2.24, 2.45) is 0 Å². The molecule has 0 unspecified atom stereocenters. The zero-order valence-corrected chi connectivity index (χ0v) is 8.75. The summed E-state index contributed by atoms with van der Waals surface area (Å²) in [6.45, 7) is 0. The molecule has 4 heteroatoms. The van der Waals surface area contributed by atoms with Crippen LogP contribution in [0.2, 0.25) is 0 Å². The number of para-hydroxylation sites is 1. The average molecular weight is 203 g/mol. The molecule has 1 rings (SSSR count). The molecule has 0 saturated carbocycles. The first kappa shape index (κ1) is 10.1.